The molecule has 1 aliphatic rings. The third-order valence-electron chi connectivity index (χ3n) is 3.24. The van der Waals surface area contributed by atoms with Crippen molar-refractivity contribution in [2.75, 3.05) is 19.6 Å². The molecular formula is C14H28ClN3O2. The molecule has 0 saturated carbocycles. The molecule has 0 radical (unpaired) electrons. The van der Waals surface area contributed by atoms with Crippen LogP contribution in [0.3, 0.4) is 0 Å². The molecule has 0 spiro atoms. The minimum atomic E-state index is -0.285. The third-order valence-corrected chi connectivity index (χ3v) is 3.24. The Balaban J connectivity index is 0.00000361. The standard InChI is InChI=1S/C14H27N3O2.ClH/c1-14(2,3)10-12(18)17-9-4-6-11(17)13(19)16-8-5-7-15;/h11H,4-10,15H2,1-3H3,(H,16,19);1H. The largest absolute Gasteiger partial charge is 0.354 e. The minimum Gasteiger partial charge on any atom is -0.354 e. The minimum absolute atomic E-state index is 0. The molecule has 1 atom stereocenters. The van der Waals surface area contributed by atoms with Crippen LogP contribution in [0.5, 0.6) is 0 Å². The molecule has 20 heavy (non-hydrogen) atoms. The Kier molecular flexibility index (Phi) is 8.13. The highest BCUT2D eigenvalue weighted by Gasteiger charge is 2.34. The van der Waals surface area contributed by atoms with E-state index in [1.54, 1.807) is 4.90 Å². The van der Waals surface area contributed by atoms with Crippen LogP contribution in [0.25, 0.3) is 0 Å². The van der Waals surface area contributed by atoms with Gasteiger partial charge in [-0.2, -0.15) is 0 Å². The fourth-order valence-corrected chi connectivity index (χ4v) is 2.32. The van der Waals surface area contributed by atoms with Crippen molar-refractivity contribution in [3.63, 3.8) is 0 Å². The predicted octanol–water partition coefficient (Wildman–Crippen LogP) is 1.30. The SMILES string of the molecule is CC(C)(C)CC(=O)N1CCCC1C(=O)NCCCN.Cl. The van der Waals surface area contributed by atoms with Gasteiger partial charge in [-0.3, -0.25) is 9.59 Å². The summed E-state index contributed by atoms with van der Waals surface area (Å²) < 4.78 is 0. The van der Waals surface area contributed by atoms with E-state index in [2.05, 4.69) is 5.32 Å². The Bertz CT molecular complexity index is 329. The van der Waals surface area contributed by atoms with Crippen molar-refractivity contribution in [2.24, 2.45) is 11.1 Å². The van der Waals surface area contributed by atoms with Gasteiger partial charge >= 0.3 is 0 Å². The Morgan fingerprint density at radius 2 is 2.00 bits per heavy atom. The van der Waals surface area contributed by atoms with E-state index in [4.69, 9.17) is 5.73 Å². The zero-order valence-electron chi connectivity index (χ0n) is 12.8. The maximum absolute atomic E-state index is 12.2. The van der Waals surface area contributed by atoms with Gasteiger partial charge in [-0.25, -0.2) is 0 Å². The van der Waals surface area contributed by atoms with Crippen LogP contribution < -0.4 is 11.1 Å². The Labute approximate surface area is 128 Å². The zero-order chi connectivity index (χ0) is 14.5. The van der Waals surface area contributed by atoms with Crippen molar-refractivity contribution < 1.29 is 9.59 Å². The first-order chi connectivity index (χ1) is 8.85. The van der Waals surface area contributed by atoms with Crippen LogP contribution in [0, 0.1) is 5.41 Å². The van der Waals surface area contributed by atoms with Crippen LogP contribution in [-0.2, 0) is 9.59 Å². The smallest absolute Gasteiger partial charge is 0.242 e. The molecule has 2 amide bonds. The molecular weight excluding hydrogens is 278 g/mol. The Morgan fingerprint density at radius 3 is 2.55 bits per heavy atom. The maximum atomic E-state index is 12.2. The highest BCUT2D eigenvalue weighted by molar-refractivity contribution is 5.88. The molecule has 3 N–H and O–H groups in total. The van der Waals surface area contributed by atoms with Crippen molar-refractivity contribution >= 4 is 24.2 Å². The molecule has 0 aromatic heterocycles. The number of likely N-dealkylation sites (tertiary alicyclic amines) is 1. The van der Waals surface area contributed by atoms with E-state index in [0.29, 0.717) is 26.1 Å². The Hall–Kier alpha value is -0.810. The summed E-state index contributed by atoms with van der Waals surface area (Å²) in [6.45, 7) is 7.97. The molecule has 0 aromatic rings. The van der Waals surface area contributed by atoms with Gasteiger partial charge in [0.05, 0.1) is 0 Å². The summed E-state index contributed by atoms with van der Waals surface area (Å²) in [4.78, 5) is 26.0. The molecule has 1 saturated heterocycles. The number of nitrogens with one attached hydrogen (secondary N) is 1. The predicted molar refractivity (Wildman–Crippen MR) is 82.7 cm³/mol. The fraction of sp³-hybridized carbons (Fsp3) is 0.857. The van der Waals surface area contributed by atoms with Gasteiger partial charge in [0.15, 0.2) is 0 Å². The lowest BCUT2D eigenvalue weighted by molar-refractivity contribution is -0.139. The number of hydrogen-bond donors (Lipinski definition) is 2. The second-order valence-corrected chi connectivity index (χ2v) is 6.42. The molecule has 1 aliphatic heterocycles. The molecule has 1 unspecified atom stereocenters. The van der Waals surface area contributed by atoms with Crippen LogP contribution in [0.1, 0.15) is 46.5 Å². The third kappa shape index (κ3) is 6.09. The molecule has 0 bridgehead atoms. The number of nitrogens with two attached hydrogens (primary N) is 1. The monoisotopic (exact) mass is 305 g/mol. The lowest BCUT2D eigenvalue weighted by Crippen LogP contribution is -2.47. The average Bonchev–Trinajstić information content (AvgIpc) is 2.75. The molecule has 0 aliphatic carbocycles. The van der Waals surface area contributed by atoms with Crippen molar-refractivity contribution in [3.8, 4) is 0 Å². The van der Waals surface area contributed by atoms with Gasteiger partial charge in [0.2, 0.25) is 11.8 Å². The summed E-state index contributed by atoms with van der Waals surface area (Å²) >= 11 is 0. The normalized spacial score (nSPS) is 18.6. The van der Waals surface area contributed by atoms with Gasteiger partial charge < -0.3 is 16.0 Å². The average molecular weight is 306 g/mol. The first-order valence-corrected chi connectivity index (χ1v) is 7.12. The van der Waals surface area contributed by atoms with Crippen molar-refractivity contribution in [1.29, 1.82) is 0 Å². The van der Waals surface area contributed by atoms with Gasteiger partial charge in [0, 0.05) is 19.5 Å². The fourth-order valence-electron chi connectivity index (χ4n) is 2.32. The van der Waals surface area contributed by atoms with Gasteiger partial charge in [-0.05, 0) is 31.2 Å². The van der Waals surface area contributed by atoms with Crippen LogP contribution in [0.2, 0.25) is 0 Å². The number of nitrogens with zero attached hydrogens (tertiary/aromatic N) is 1. The van der Waals surface area contributed by atoms with E-state index in [1.807, 2.05) is 20.8 Å². The summed E-state index contributed by atoms with van der Waals surface area (Å²) in [6.07, 6.45) is 2.93. The molecule has 5 nitrogen and oxygen atoms in total. The molecule has 6 heteroatoms. The number of halogens is 1. The van der Waals surface area contributed by atoms with Crippen molar-refractivity contribution in [2.45, 2.75) is 52.5 Å². The highest BCUT2D eigenvalue weighted by Crippen LogP contribution is 2.24. The maximum Gasteiger partial charge on any atom is 0.242 e. The van der Waals surface area contributed by atoms with E-state index in [0.717, 1.165) is 19.3 Å². The van der Waals surface area contributed by atoms with Crippen molar-refractivity contribution in [1.82, 2.24) is 10.2 Å². The number of amides is 2. The highest BCUT2D eigenvalue weighted by atomic mass is 35.5. The first kappa shape index (κ1) is 19.2. The van der Waals surface area contributed by atoms with Crippen LogP contribution in [0.15, 0.2) is 0 Å². The number of rotatable bonds is 5. The van der Waals surface area contributed by atoms with E-state index in [9.17, 15) is 9.59 Å². The van der Waals surface area contributed by atoms with Crippen LogP contribution in [0.4, 0.5) is 0 Å². The molecule has 118 valence electrons. The lowest BCUT2D eigenvalue weighted by atomic mass is 9.91. The Morgan fingerprint density at radius 1 is 1.35 bits per heavy atom. The van der Waals surface area contributed by atoms with Crippen molar-refractivity contribution in [3.05, 3.63) is 0 Å². The van der Waals surface area contributed by atoms with E-state index < -0.39 is 0 Å². The summed E-state index contributed by atoms with van der Waals surface area (Å²) in [5.74, 6) is 0.0529. The molecule has 1 rings (SSSR count). The zero-order valence-corrected chi connectivity index (χ0v) is 13.6. The summed E-state index contributed by atoms with van der Waals surface area (Å²) in [5, 5.41) is 2.86. The van der Waals surface area contributed by atoms with Crippen LogP contribution in [-0.4, -0.2) is 42.4 Å². The van der Waals surface area contributed by atoms with Gasteiger partial charge in [0.1, 0.15) is 6.04 Å². The van der Waals surface area contributed by atoms with Crippen LogP contribution >= 0.6 is 12.4 Å². The van der Waals surface area contributed by atoms with E-state index >= 15 is 0 Å². The topological polar surface area (TPSA) is 75.4 Å². The summed E-state index contributed by atoms with van der Waals surface area (Å²) in [6, 6.07) is -0.285. The molecule has 1 fully saturated rings. The second-order valence-electron chi connectivity index (χ2n) is 6.42. The number of carbonyl (C=O) groups excluding carboxylic acids is 2. The van der Waals surface area contributed by atoms with Gasteiger partial charge in [0.25, 0.3) is 0 Å². The molecule has 0 aromatic carbocycles. The summed E-state index contributed by atoms with van der Waals surface area (Å²) in [7, 11) is 0. The summed E-state index contributed by atoms with van der Waals surface area (Å²) in [5.41, 5.74) is 5.36. The van der Waals surface area contributed by atoms with E-state index in [-0.39, 0.29) is 35.7 Å². The number of hydrogen-bond acceptors (Lipinski definition) is 3. The van der Waals surface area contributed by atoms with Gasteiger partial charge in [-0.15, -0.1) is 12.4 Å². The quantitative estimate of drug-likeness (QED) is 0.752. The first-order valence-electron chi connectivity index (χ1n) is 7.12. The lowest BCUT2D eigenvalue weighted by Gasteiger charge is -2.27. The number of carbonyl (C=O) groups is 2. The van der Waals surface area contributed by atoms with Gasteiger partial charge in [-0.1, -0.05) is 20.8 Å². The van der Waals surface area contributed by atoms with E-state index in [1.165, 1.54) is 0 Å². The molecule has 1 heterocycles. The second kappa shape index (κ2) is 8.47.